The predicted molar refractivity (Wildman–Crippen MR) is 112 cm³/mol. The molecule has 1 fully saturated rings. The van der Waals surface area contributed by atoms with Crippen LogP contribution in [0.4, 0.5) is 18.0 Å². The van der Waals surface area contributed by atoms with Gasteiger partial charge in [0.05, 0.1) is 17.3 Å². The number of amides is 2. The van der Waals surface area contributed by atoms with Gasteiger partial charge in [0, 0.05) is 24.5 Å². The van der Waals surface area contributed by atoms with Crippen molar-refractivity contribution in [3.63, 3.8) is 0 Å². The van der Waals surface area contributed by atoms with Crippen LogP contribution in [0.1, 0.15) is 31.2 Å². The highest BCUT2D eigenvalue weighted by Crippen LogP contribution is 2.48. The summed E-state index contributed by atoms with van der Waals surface area (Å²) in [6, 6.07) is 7.72. The maximum Gasteiger partial charge on any atom is 0.314 e. The van der Waals surface area contributed by atoms with E-state index in [2.05, 4.69) is 15.6 Å². The third kappa shape index (κ3) is 4.54. The molecule has 2 aromatic carbocycles. The molecule has 1 aromatic heterocycles. The number of carbonyl (C=O) groups is 1. The summed E-state index contributed by atoms with van der Waals surface area (Å²) >= 11 is 0. The Balaban J connectivity index is 1.54. The summed E-state index contributed by atoms with van der Waals surface area (Å²) in [5, 5.41) is 15.1. The topological polar surface area (TPSA) is 77.2 Å². The van der Waals surface area contributed by atoms with E-state index in [1.165, 1.54) is 18.2 Å². The molecule has 1 saturated carbocycles. The van der Waals surface area contributed by atoms with Gasteiger partial charge in [-0.25, -0.2) is 18.0 Å². The maximum atomic E-state index is 14.4. The second-order valence-electron chi connectivity index (χ2n) is 8.21. The summed E-state index contributed by atoms with van der Waals surface area (Å²) in [6.45, 7) is 2.23. The summed E-state index contributed by atoms with van der Waals surface area (Å²) in [6.07, 6.45) is 0.873. The van der Waals surface area contributed by atoms with Gasteiger partial charge in [-0.05, 0) is 73.1 Å². The Morgan fingerprint density at radius 1 is 1.13 bits per heavy atom. The van der Waals surface area contributed by atoms with Gasteiger partial charge in [0.1, 0.15) is 17.5 Å². The molecule has 0 aliphatic heterocycles. The molecule has 164 valence electrons. The molecule has 1 aliphatic rings. The van der Waals surface area contributed by atoms with Crippen molar-refractivity contribution in [2.45, 2.75) is 31.8 Å². The molecule has 0 bridgehead atoms. The van der Waals surface area contributed by atoms with Crippen LogP contribution >= 0.6 is 0 Å². The third-order valence-corrected chi connectivity index (χ3v) is 5.75. The number of hydrogen-bond donors (Lipinski definition) is 4. The molecule has 3 aromatic rings. The zero-order chi connectivity index (χ0) is 22.1. The minimum absolute atomic E-state index is 0.0577. The van der Waals surface area contributed by atoms with E-state index in [4.69, 9.17) is 0 Å². The monoisotopic (exact) mass is 431 g/mol. The Morgan fingerprint density at radius 3 is 2.52 bits per heavy atom. The minimum atomic E-state index is -0.670. The summed E-state index contributed by atoms with van der Waals surface area (Å²) in [4.78, 5) is 14.8. The quantitative estimate of drug-likeness (QED) is 0.466. The lowest BCUT2D eigenvalue weighted by molar-refractivity contribution is 0.185. The van der Waals surface area contributed by atoms with E-state index < -0.39 is 17.7 Å². The fraction of sp³-hybridized carbons (Fsp3) is 0.348. The average molecular weight is 431 g/mol. The lowest BCUT2D eigenvalue weighted by Gasteiger charge is -2.36. The van der Waals surface area contributed by atoms with Crippen LogP contribution in [0.2, 0.25) is 0 Å². The largest absolute Gasteiger partial charge is 0.392 e. The molecule has 2 amide bonds. The highest BCUT2D eigenvalue weighted by Gasteiger charge is 2.34. The first-order valence-electron chi connectivity index (χ1n) is 10.3. The van der Waals surface area contributed by atoms with Crippen LogP contribution in [0.15, 0.2) is 36.4 Å². The summed E-state index contributed by atoms with van der Waals surface area (Å²) in [5.74, 6) is -1.41. The lowest BCUT2D eigenvalue weighted by Crippen LogP contribution is -2.42. The number of aliphatic hydroxyl groups is 1. The highest BCUT2D eigenvalue weighted by atomic mass is 19.1. The first-order chi connectivity index (χ1) is 14.8. The van der Waals surface area contributed by atoms with Crippen molar-refractivity contribution in [1.82, 2.24) is 15.6 Å². The Kier molecular flexibility index (Phi) is 5.91. The van der Waals surface area contributed by atoms with Gasteiger partial charge in [0.25, 0.3) is 0 Å². The number of urea groups is 1. The van der Waals surface area contributed by atoms with Gasteiger partial charge in [-0.1, -0.05) is 0 Å². The summed E-state index contributed by atoms with van der Waals surface area (Å²) in [7, 11) is 0. The van der Waals surface area contributed by atoms with E-state index >= 15 is 0 Å². The first kappa shape index (κ1) is 21.2. The fourth-order valence-electron chi connectivity index (χ4n) is 4.19. The number of aromatic nitrogens is 1. The van der Waals surface area contributed by atoms with Crippen LogP contribution in [0.3, 0.4) is 0 Å². The van der Waals surface area contributed by atoms with Crippen molar-refractivity contribution in [1.29, 1.82) is 0 Å². The number of aromatic amines is 1. The van der Waals surface area contributed by atoms with E-state index in [1.54, 1.807) is 19.1 Å². The van der Waals surface area contributed by atoms with Crippen LogP contribution in [0, 0.1) is 23.4 Å². The van der Waals surface area contributed by atoms with E-state index in [1.807, 2.05) is 0 Å². The maximum absolute atomic E-state index is 14.4. The van der Waals surface area contributed by atoms with Crippen molar-refractivity contribution < 1.29 is 23.1 Å². The molecule has 0 spiro atoms. The van der Waals surface area contributed by atoms with Crippen molar-refractivity contribution in [2.24, 2.45) is 5.92 Å². The van der Waals surface area contributed by atoms with E-state index in [9.17, 15) is 23.1 Å². The molecule has 8 heteroatoms. The molecule has 1 aliphatic carbocycles. The molecular weight excluding hydrogens is 407 g/mol. The molecule has 1 heterocycles. The average Bonchev–Trinajstić information content (AvgIpc) is 3.05. The van der Waals surface area contributed by atoms with Crippen LogP contribution in [-0.4, -0.2) is 35.3 Å². The van der Waals surface area contributed by atoms with Gasteiger partial charge in [0.15, 0.2) is 0 Å². The van der Waals surface area contributed by atoms with Crippen LogP contribution in [0.5, 0.6) is 0 Å². The molecule has 4 N–H and O–H groups in total. The van der Waals surface area contributed by atoms with Crippen molar-refractivity contribution in [3.8, 4) is 11.3 Å². The third-order valence-electron chi connectivity index (χ3n) is 5.75. The molecule has 1 atom stereocenters. The van der Waals surface area contributed by atoms with Gasteiger partial charge in [-0.15, -0.1) is 0 Å². The molecule has 0 saturated heterocycles. The Labute approximate surface area is 177 Å². The summed E-state index contributed by atoms with van der Waals surface area (Å²) < 4.78 is 41.8. The van der Waals surface area contributed by atoms with E-state index in [-0.39, 0.29) is 35.7 Å². The number of carbonyl (C=O) groups excluding carboxylic acids is 1. The molecule has 4 rings (SSSR count). The van der Waals surface area contributed by atoms with Gasteiger partial charge in [-0.2, -0.15) is 0 Å². The van der Waals surface area contributed by atoms with Crippen LogP contribution in [0.25, 0.3) is 22.2 Å². The Hall–Kier alpha value is -3.00. The van der Waals surface area contributed by atoms with Crippen LogP contribution < -0.4 is 10.6 Å². The molecule has 0 unspecified atom stereocenters. The van der Waals surface area contributed by atoms with Crippen molar-refractivity contribution in [3.05, 3.63) is 59.4 Å². The number of fused-ring (bicyclic) bond motifs is 1. The van der Waals surface area contributed by atoms with Gasteiger partial charge in [-0.3, -0.25) is 0 Å². The molecule has 5 nitrogen and oxygen atoms in total. The molecule has 0 radical (unpaired) electrons. The molecular formula is C23H24F3N3O2. The Bertz CT molecular complexity index is 1090. The Morgan fingerprint density at radius 2 is 1.84 bits per heavy atom. The second-order valence-corrected chi connectivity index (χ2v) is 8.21. The van der Waals surface area contributed by atoms with Gasteiger partial charge in [0.2, 0.25) is 0 Å². The fourth-order valence-corrected chi connectivity index (χ4v) is 4.19. The zero-order valence-corrected chi connectivity index (χ0v) is 17.0. The van der Waals surface area contributed by atoms with Crippen molar-refractivity contribution >= 4 is 16.9 Å². The number of benzene rings is 2. The smallest absolute Gasteiger partial charge is 0.314 e. The van der Waals surface area contributed by atoms with E-state index in [0.29, 0.717) is 23.2 Å². The highest BCUT2D eigenvalue weighted by molar-refractivity contribution is 5.92. The molecule has 31 heavy (non-hydrogen) atoms. The first-order valence-corrected chi connectivity index (χ1v) is 10.3. The number of rotatable bonds is 6. The van der Waals surface area contributed by atoms with E-state index in [0.717, 1.165) is 24.5 Å². The zero-order valence-electron chi connectivity index (χ0n) is 17.0. The SMILES string of the molecule is C[C@@H](O)CNC(=O)NCC1CC(c2c(-c3ccc(F)cc3)[nH]c3c(F)cc(F)cc23)C1. The van der Waals surface area contributed by atoms with Crippen molar-refractivity contribution in [2.75, 3.05) is 13.1 Å². The number of H-pyrrole nitrogens is 1. The van der Waals surface area contributed by atoms with Gasteiger partial charge >= 0.3 is 6.03 Å². The second kappa shape index (κ2) is 8.63. The number of hydrogen-bond acceptors (Lipinski definition) is 2. The summed E-state index contributed by atoms with van der Waals surface area (Å²) in [5.41, 5.74) is 2.40. The lowest BCUT2D eigenvalue weighted by atomic mass is 9.70. The normalized spacial score (nSPS) is 19.1. The van der Waals surface area contributed by atoms with Gasteiger partial charge < -0.3 is 20.7 Å². The minimum Gasteiger partial charge on any atom is -0.392 e. The predicted octanol–water partition coefficient (Wildman–Crippen LogP) is 4.43. The van der Waals surface area contributed by atoms with Crippen LogP contribution in [-0.2, 0) is 0 Å². The standard InChI is InChI=1S/C23H24F3N3O2/c1-12(30)10-27-23(31)28-11-13-6-15(7-13)20-18-8-17(25)9-19(26)22(18)29-21(20)14-2-4-16(24)5-3-14/h2-5,8-9,12-13,15,29-30H,6-7,10-11H2,1H3,(H2,27,28,31)/t12-,13?,15?/m1/s1. The number of aliphatic hydroxyl groups excluding tert-OH is 1. The number of nitrogens with one attached hydrogen (secondary N) is 3. The number of halogens is 3.